The predicted molar refractivity (Wildman–Crippen MR) is 146 cm³/mol. The highest BCUT2D eigenvalue weighted by Crippen LogP contribution is 1.93. The van der Waals surface area contributed by atoms with E-state index in [0.717, 1.165) is 24.1 Å². The SMILES string of the molecule is C.C#C.CC.CC.CCCBr.CCCCCCl.CCCCCO.OCCO.[B][B]. The van der Waals surface area contributed by atoms with Crippen molar-refractivity contribution in [3.8, 4) is 12.8 Å². The van der Waals surface area contributed by atoms with Gasteiger partial charge in [-0.25, -0.2) is 0 Å². The van der Waals surface area contributed by atoms with Gasteiger partial charge in [-0.3, -0.25) is 0 Å². The minimum absolute atomic E-state index is 0. The zero-order valence-corrected chi connectivity index (χ0v) is 22.2. The third-order valence-electron chi connectivity index (χ3n) is 1.79. The zero-order chi connectivity index (χ0) is 24.5. The fourth-order valence-electron chi connectivity index (χ4n) is 0.706. The summed E-state index contributed by atoms with van der Waals surface area (Å²) < 4.78 is 0. The molecule has 0 aromatic heterocycles. The zero-order valence-electron chi connectivity index (χ0n) is 19.9. The van der Waals surface area contributed by atoms with E-state index in [0.29, 0.717) is 6.61 Å². The van der Waals surface area contributed by atoms with Crippen LogP contribution in [0.2, 0.25) is 0 Å². The Labute approximate surface area is 202 Å². The number of aliphatic hydroxyl groups is 3. The first kappa shape index (κ1) is 57.0. The molecule has 4 radical (unpaired) electrons. The van der Waals surface area contributed by atoms with Gasteiger partial charge < -0.3 is 15.3 Å². The van der Waals surface area contributed by atoms with Gasteiger partial charge >= 0.3 is 0 Å². The Morgan fingerprint density at radius 1 is 0.690 bits per heavy atom. The van der Waals surface area contributed by atoms with Crippen molar-refractivity contribution < 1.29 is 15.3 Å². The van der Waals surface area contributed by atoms with E-state index in [4.69, 9.17) is 26.9 Å². The van der Waals surface area contributed by atoms with Crippen LogP contribution >= 0.6 is 27.5 Å². The summed E-state index contributed by atoms with van der Waals surface area (Å²) in [5.74, 6) is 0.827. The summed E-state index contributed by atoms with van der Waals surface area (Å²) in [7, 11) is 8.00. The lowest BCUT2D eigenvalue weighted by Crippen LogP contribution is -1.85. The average Bonchev–Trinajstić information content (AvgIpc) is 2.82. The van der Waals surface area contributed by atoms with Crippen LogP contribution in [0.4, 0.5) is 0 Å². The topological polar surface area (TPSA) is 60.7 Å². The molecular weight excluding hydrogens is 449 g/mol. The van der Waals surface area contributed by atoms with Gasteiger partial charge in [0, 0.05) is 33.3 Å². The van der Waals surface area contributed by atoms with Gasteiger partial charge in [0.05, 0.1) is 13.2 Å². The third kappa shape index (κ3) is 283. The molecule has 0 amide bonds. The smallest absolute Gasteiger partial charge is 0.0662 e. The van der Waals surface area contributed by atoms with Crippen LogP contribution in [0.5, 0.6) is 0 Å². The van der Waals surface area contributed by atoms with Gasteiger partial charge in [0.1, 0.15) is 0 Å². The Morgan fingerprint density at radius 3 is 1.03 bits per heavy atom. The van der Waals surface area contributed by atoms with Crippen molar-refractivity contribution in [2.24, 2.45) is 0 Å². The van der Waals surface area contributed by atoms with E-state index in [1.54, 1.807) is 0 Å². The minimum atomic E-state index is -0.125. The lowest BCUT2D eigenvalue weighted by atomic mass is 9.81. The predicted octanol–water partition coefficient (Wildman–Crippen LogP) is 6.52. The highest BCUT2D eigenvalue weighted by atomic mass is 79.9. The normalized spacial score (nSPS) is 6.41. The minimum Gasteiger partial charge on any atom is -0.396 e. The van der Waals surface area contributed by atoms with Crippen LogP contribution in [0.1, 0.15) is 101 Å². The second-order valence-corrected chi connectivity index (χ2v) is 5.13. The van der Waals surface area contributed by atoms with Crippen LogP contribution in [-0.2, 0) is 0 Å². The summed E-state index contributed by atoms with van der Waals surface area (Å²) >= 11 is 8.63. The molecule has 0 atom stereocenters. The number of terminal acetylenes is 1. The number of hydrogen-bond acceptors (Lipinski definition) is 3. The maximum Gasteiger partial charge on any atom is 0.0662 e. The van der Waals surface area contributed by atoms with Crippen LogP contribution < -0.4 is 0 Å². The molecule has 0 aliphatic carbocycles. The number of halogens is 2. The second-order valence-electron chi connectivity index (χ2n) is 3.96. The van der Waals surface area contributed by atoms with E-state index in [-0.39, 0.29) is 20.6 Å². The molecule has 3 nitrogen and oxygen atoms in total. The third-order valence-corrected chi connectivity index (χ3v) is 2.85. The summed E-state index contributed by atoms with van der Waals surface area (Å²) in [6, 6.07) is 0. The maximum absolute atomic E-state index is 8.20. The molecule has 0 saturated heterocycles. The molecule has 7 heteroatoms. The van der Waals surface area contributed by atoms with Crippen molar-refractivity contribution >= 4 is 43.0 Å². The van der Waals surface area contributed by atoms with Crippen LogP contribution in [0, 0.1) is 12.8 Å². The molecule has 0 spiro atoms. The van der Waals surface area contributed by atoms with Gasteiger partial charge in [0.2, 0.25) is 0 Å². The number of alkyl halides is 2. The van der Waals surface area contributed by atoms with Crippen molar-refractivity contribution in [1.29, 1.82) is 0 Å². The summed E-state index contributed by atoms with van der Waals surface area (Å²) in [5, 5.41) is 24.6. The summed E-state index contributed by atoms with van der Waals surface area (Å²) in [4.78, 5) is 0. The molecule has 0 bridgehead atoms. The molecular formula is C22H54B2BrClO3. The monoisotopic (exact) mass is 502 g/mol. The lowest BCUT2D eigenvalue weighted by molar-refractivity contribution is 0.186. The molecule has 0 aromatic rings. The lowest BCUT2D eigenvalue weighted by Gasteiger charge is -1.85. The molecule has 3 N–H and O–H groups in total. The Balaban J connectivity index is -0.0000000235. The van der Waals surface area contributed by atoms with E-state index < -0.39 is 0 Å². The van der Waals surface area contributed by atoms with Crippen molar-refractivity contribution in [2.45, 2.75) is 101 Å². The van der Waals surface area contributed by atoms with E-state index in [1.807, 2.05) is 27.7 Å². The van der Waals surface area contributed by atoms with Gasteiger partial charge in [0.25, 0.3) is 0 Å². The largest absolute Gasteiger partial charge is 0.396 e. The molecule has 180 valence electrons. The van der Waals surface area contributed by atoms with Gasteiger partial charge in [-0.05, 0) is 19.3 Å². The Hall–Kier alpha value is 0.340. The molecule has 0 saturated carbocycles. The quantitative estimate of drug-likeness (QED) is 0.153. The van der Waals surface area contributed by atoms with E-state index in [9.17, 15) is 0 Å². The molecule has 0 rings (SSSR count). The van der Waals surface area contributed by atoms with Gasteiger partial charge in [-0.2, -0.15) is 0 Å². The van der Waals surface area contributed by atoms with E-state index in [1.165, 1.54) is 32.1 Å². The van der Waals surface area contributed by atoms with Gasteiger partial charge in [0.15, 0.2) is 0 Å². The summed E-state index contributed by atoms with van der Waals surface area (Å²) in [6.07, 6.45) is 16.3. The van der Waals surface area contributed by atoms with Crippen LogP contribution in [0.25, 0.3) is 0 Å². The van der Waals surface area contributed by atoms with E-state index >= 15 is 0 Å². The van der Waals surface area contributed by atoms with E-state index in [2.05, 4.69) is 65.0 Å². The van der Waals surface area contributed by atoms with Crippen molar-refractivity contribution in [2.75, 3.05) is 31.0 Å². The van der Waals surface area contributed by atoms with Gasteiger partial charge in [-0.15, -0.1) is 24.4 Å². The Kier molecular flexibility index (Phi) is 273. The number of unbranched alkanes of at least 4 members (excludes halogenated alkanes) is 4. The highest BCUT2D eigenvalue weighted by molar-refractivity contribution is 9.09. The second kappa shape index (κ2) is 139. The van der Waals surface area contributed by atoms with Crippen LogP contribution in [0.15, 0.2) is 0 Å². The summed E-state index contributed by atoms with van der Waals surface area (Å²) in [5.41, 5.74) is 0. The molecule has 0 aliphatic heterocycles. The Morgan fingerprint density at radius 2 is 0.966 bits per heavy atom. The number of rotatable bonds is 8. The highest BCUT2D eigenvalue weighted by Gasteiger charge is 1.77. The first-order valence-corrected chi connectivity index (χ1v) is 11.9. The fraction of sp³-hybridized carbons (Fsp3) is 0.909. The number of aliphatic hydroxyl groups excluding tert-OH is 3. The Bertz CT molecular complexity index is 124. The van der Waals surface area contributed by atoms with Crippen LogP contribution in [-0.4, -0.2) is 61.8 Å². The molecule has 0 heterocycles. The molecule has 0 aromatic carbocycles. The first-order chi connectivity index (χ1) is 13.7. The van der Waals surface area contributed by atoms with Crippen molar-refractivity contribution in [3.63, 3.8) is 0 Å². The average molecular weight is 504 g/mol. The van der Waals surface area contributed by atoms with Crippen molar-refractivity contribution in [3.05, 3.63) is 0 Å². The standard InChI is InChI=1S/C5H11Cl.C5H12O.C3H7Br.C2H6O2.2C2H6.C2H2.CH4.B2/c2*1-2-3-4-5-6;1-2-3-4;3-1-2-4;3*1-2;;1-2/h2-5H2,1H3;6H,2-5H2,1H3;2-3H2,1H3;3-4H,1-2H2;2*1-2H3;1-2H;1H4;. The molecule has 0 fully saturated rings. The maximum atomic E-state index is 8.20. The number of hydrogen-bond donors (Lipinski definition) is 3. The molecule has 0 unspecified atom stereocenters. The fourth-order valence-corrected chi connectivity index (χ4v) is 0.895. The molecule has 0 aliphatic rings. The van der Waals surface area contributed by atoms with Crippen molar-refractivity contribution in [1.82, 2.24) is 0 Å². The first-order valence-electron chi connectivity index (χ1n) is 10.3. The van der Waals surface area contributed by atoms with Gasteiger partial charge in [-0.1, -0.05) is 97.5 Å². The molecule has 29 heavy (non-hydrogen) atoms. The summed E-state index contributed by atoms with van der Waals surface area (Å²) in [6.45, 7) is 14.5. The van der Waals surface area contributed by atoms with Crippen LogP contribution in [0.3, 0.4) is 0 Å².